The fourth-order valence-electron chi connectivity index (χ4n) is 2.54. The monoisotopic (exact) mass is 412 g/mol. The lowest BCUT2D eigenvalue weighted by Crippen LogP contribution is -2.28. The molecule has 1 aliphatic rings. The van der Waals surface area contributed by atoms with Crippen LogP contribution < -0.4 is 20.1 Å². The van der Waals surface area contributed by atoms with Gasteiger partial charge in [0.15, 0.2) is 5.17 Å². The van der Waals surface area contributed by atoms with E-state index in [2.05, 4.69) is 20.8 Å². The minimum Gasteiger partial charge on any atom is -0.497 e. The fraction of sp³-hybridized carbons (Fsp3) is 0.200. The van der Waals surface area contributed by atoms with Crippen LogP contribution in [0.1, 0.15) is 12.0 Å². The number of rotatable bonds is 7. The Morgan fingerprint density at radius 1 is 1.17 bits per heavy atom. The molecule has 2 amide bonds. The molecule has 1 aliphatic heterocycles. The van der Waals surface area contributed by atoms with E-state index in [4.69, 9.17) is 9.47 Å². The summed E-state index contributed by atoms with van der Waals surface area (Å²) < 4.78 is 10.3. The third kappa shape index (κ3) is 5.58. The Kier molecular flexibility index (Phi) is 6.85. The smallest absolute Gasteiger partial charge is 0.240 e. The molecular weight excluding hydrogens is 392 g/mol. The van der Waals surface area contributed by atoms with Crippen LogP contribution in [-0.4, -0.2) is 42.7 Å². The predicted molar refractivity (Wildman–Crippen MR) is 114 cm³/mol. The van der Waals surface area contributed by atoms with Gasteiger partial charge in [-0.1, -0.05) is 23.9 Å². The van der Waals surface area contributed by atoms with E-state index in [1.807, 2.05) is 30.3 Å². The van der Waals surface area contributed by atoms with Crippen LogP contribution in [0.3, 0.4) is 0 Å². The zero-order valence-corrected chi connectivity index (χ0v) is 16.7. The van der Waals surface area contributed by atoms with Gasteiger partial charge in [-0.05, 0) is 42.0 Å². The number of benzene rings is 2. The third-order valence-corrected chi connectivity index (χ3v) is 5.07. The van der Waals surface area contributed by atoms with Gasteiger partial charge in [-0.25, -0.2) is 0 Å². The summed E-state index contributed by atoms with van der Waals surface area (Å²) in [7, 11) is 3.13. The lowest BCUT2D eigenvalue weighted by molar-refractivity contribution is -0.122. The van der Waals surface area contributed by atoms with Crippen LogP contribution in [0.5, 0.6) is 11.5 Å². The number of amidine groups is 1. The van der Waals surface area contributed by atoms with Gasteiger partial charge in [0.1, 0.15) is 16.7 Å². The van der Waals surface area contributed by atoms with Gasteiger partial charge in [0.25, 0.3) is 0 Å². The minimum absolute atomic E-state index is 0.00969. The van der Waals surface area contributed by atoms with Crippen LogP contribution in [0.4, 0.5) is 5.69 Å². The van der Waals surface area contributed by atoms with Gasteiger partial charge in [0, 0.05) is 6.42 Å². The molecule has 0 saturated carbocycles. The van der Waals surface area contributed by atoms with Crippen LogP contribution in [-0.2, 0) is 9.59 Å². The number of methoxy groups -OCH3 is 2. The average molecular weight is 412 g/mol. The molecule has 2 aromatic rings. The van der Waals surface area contributed by atoms with Crippen molar-refractivity contribution in [2.45, 2.75) is 11.7 Å². The summed E-state index contributed by atoms with van der Waals surface area (Å²) in [5.74, 6) is 0.745. The van der Waals surface area contributed by atoms with Gasteiger partial charge < -0.3 is 20.1 Å². The van der Waals surface area contributed by atoms with E-state index >= 15 is 0 Å². The quantitative estimate of drug-likeness (QED) is 0.538. The number of hydrogen-bond donors (Lipinski definition) is 2. The largest absolute Gasteiger partial charge is 0.497 e. The Hall–Kier alpha value is -3.33. The van der Waals surface area contributed by atoms with Gasteiger partial charge in [-0.2, -0.15) is 5.10 Å². The fourth-order valence-corrected chi connectivity index (χ4v) is 3.47. The van der Waals surface area contributed by atoms with Gasteiger partial charge in [-0.3, -0.25) is 9.59 Å². The van der Waals surface area contributed by atoms with Crippen LogP contribution in [0.25, 0.3) is 0 Å². The van der Waals surface area contributed by atoms with Crippen molar-refractivity contribution in [3.05, 3.63) is 54.1 Å². The topological polar surface area (TPSA) is 101 Å². The van der Waals surface area contributed by atoms with Crippen molar-refractivity contribution in [2.24, 2.45) is 10.2 Å². The average Bonchev–Trinajstić information content (AvgIpc) is 3.07. The molecular formula is C20H20N4O4S. The first-order valence-electron chi connectivity index (χ1n) is 8.74. The number of thioether (sulfide) groups is 1. The molecule has 1 saturated heterocycles. The standard InChI is InChI=1S/C20H20N4O4S/c1-27-14-9-7-13(8-10-14)12-21-24-20-23-19(26)17(29-20)11-18(25)22-15-5-3-4-6-16(15)28-2/h3-10,12,17H,11H2,1-2H3,(H,22,25)(H,23,24,26)/b21-12-/t17-/m0/s1. The SMILES string of the molecule is COc1ccc(/C=N\N=C2/NC(=O)[C@H](CC(=O)Nc3ccccc3OC)S2)cc1. The van der Waals surface area contributed by atoms with Crippen molar-refractivity contribution in [3.63, 3.8) is 0 Å². The van der Waals surface area contributed by atoms with E-state index in [9.17, 15) is 9.59 Å². The van der Waals surface area contributed by atoms with Crippen LogP contribution in [0.2, 0.25) is 0 Å². The summed E-state index contributed by atoms with van der Waals surface area (Å²) in [6.45, 7) is 0. The number of carbonyl (C=O) groups excluding carboxylic acids is 2. The maximum absolute atomic E-state index is 12.3. The highest BCUT2D eigenvalue weighted by Crippen LogP contribution is 2.26. The van der Waals surface area contributed by atoms with Gasteiger partial charge in [0.2, 0.25) is 11.8 Å². The molecule has 2 N–H and O–H groups in total. The zero-order chi connectivity index (χ0) is 20.6. The molecule has 0 bridgehead atoms. The van der Waals surface area contributed by atoms with Crippen molar-refractivity contribution < 1.29 is 19.1 Å². The van der Waals surface area contributed by atoms with Crippen molar-refractivity contribution in [1.29, 1.82) is 0 Å². The Labute approximate surface area is 172 Å². The lowest BCUT2D eigenvalue weighted by atomic mass is 10.2. The highest BCUT2D eigenvalue weighted by Gasteiger charge is 2.32. The number of anilines is 1. The number of nitrogens with one attached hydrogen (secondary N) is 2. The normalized spacial score (nSPS) is 17.4. The Bertz CT molecular complexity index is 944. The van der Waals surface area contributed by atoms with Gasteiger partial charge >= 0.3 is 0 Å². The molecule has 8 nitrogen and oxygen atoms in total. The molecule has 1 heterocycles. The van der Waals surface area contributed by atoms with E-state index in [0.717, 1.165) is 11.3 Å². The molecule has 0 radical (unpaired) electrons. The molecule has 1 atom stereocenters. The highest BCUT2D eigenvalue weighted by atomic mass is 32.2. The van der Waals surface area contributed by atoms with Gasteiger partial charge in [0.05, 0.1) is 26.1 Å². The third-order valence-electron chi connectivity index (χ3n) is 4.00. The minimum atomic E-state index is -0.570. The number of nitrogens with zero attached hydrogens (tertiary/aromatic N) is 2. The van der Waals surface area contributed by atoms with E-state index < -0.39 is 5.25 Å². The zero-order valence-electron chi connectivity index (χ0n) is 15.9. The molecule has 0 spiro atoms. The summed E-state index contributed by atoms with van der Waals surface area (Å²) in [6.07, 6.45) is 1.58. The van der Waals surface area contributed by atoms with Crippen molar-refractivity contribution in [1.82, 2.24) is 5.32 Å². The highest BCUT2D eigenvalue weighted by molar-refractivity contribution is 8.15. The van der Waals surface area contributed by atoms with E-state index in [1.54, 1.807) is 31.5 Å². The molecule has 1 fully saturated rings. The first-order chi connectivity index (χ1) is 14.1. The van der Waals surface area contributed by atoms with Crippen LogP contribution in [0.15, 0.2) is 58.7 Å². The summed E-state index contributed by atoms with van der Waals surface area (Å²) in [5, 5.41) is 13.2. The van der Waals surface area contributed by atoms with Crippen molar-refractivity contribution in [2.75, 3.05) is 19.5 Å². The molecule has 2 aromatic carbocycles. The first-order valence-corrected chi connectivity index (χ1v) is 9.62. The summed E-state index contributed by atoms with van der Waals surface area (Å²) in [5.41, 5.74) is 1.40. The maximum Gasteiger partial charge on any atom is 0.240 e. The van der Waals surface area contributed by atoms with E-state index in [1.165, 1.54) is 18.9 Å². The van der Waals surface area contributed by atoms with Crippen molar-refractivity contribution >= 4 is 40.6 Å². The number of hydrogen-bond acceptors (Lipinski definition) is 7. The molecule has 9 heteroatoms. The second-order valence-electron chi connectivity index (χ2n) is 5.97. The second-order valence-corrected chi connectivity index (χ2v) is 7.16. The second kappa shape index (κ2) is 9.74. The predicted octanol–water partition coefficient (Wildman–Crippen LogP) is 2.65. The summed E-state index contributed by atoms with van der Waals surface area (Å²) >= 11 is 1.17. The molecule has 0 aromatic heterocycles. The van der Waals surface area contributed by atoms with E-state index in [-0.39, 0.29) is 18.2 Å². The van der Waals surface area contributed by atoms with Crippen LogP contribution in [0, 0.1) is 0 Å². The molecule has 3 rings (SSSR count). The van der Waals surface area contributed by atoms with E-state index in [0.29, 0.717) is 16.6 Å². The number of amides is 2. The maximum atomic E-state index is 12.3. The number of carbonyl (C=O) groups is 2. The number of para-hydroxylation sites is 2. The van der Waals surface area contributed by atoms with Gasteiger partial charge in [-0.15, -0.1) is 5.10 Å². The Morgan fingerprint density at radius 3 is 2.66 bits per heavy atom. The summed E-state index contributed by atoms with van der Waals surface area (Å²) in [6, 6.07) is 14.4. The summed E-state index contributed by atoms with van der Waals surface area (Å²) in [4.78, 5) is 24.4. The molecule has 0 unspecified atom stereocenters. The first kappa shape index (κ1) is 20.4. The number of ether oxygens (including phenoxy) is 2. The molecule has 0 aliphatic carbocycles. The van der Waals surface area contributed by atoms with Crippen molar-refractivity contribution in [3.8, 4) is 11.5 Å². The van der Waals surface area contributed by atoms with Crippen LogP contribution >= 0.6 is 11.8 Å². The molecule has 29 heavy (non-hydrogen) atoms. The Balaban J connectivity index is 1.55. The Morgan fingerprint density at radius 2 is 1.93 bits per heavy atom. The lowest BCUT2D eigenvalue weighted by Gasteiger charge is -2.10. The molecule has 150 valence electrons.